The minimum Gasteiger partial charge on any atom is -0.316 e. The van der Waals surface area contributed by atoms with E-state index in [4.69, 9.17) is 5.73 Å². The molecule has 0 aromatic rings. The molecule has 0 rings (SSSR count). The molecule has 0 saturated carbocycles. The first-order valence-electron chi connectivity index (χ1n) is 2.59. The number of alkyl halides is 3. The highest BCUT2D eigenvalue weighted by molar-refractivity contribution is 5.23. The van der Waals surface area contributed by atoms with Crippen LogP contribution in [0, 0.1) is 0 Å². The summed E-state index contributed by atoms with van der Waals surface area (Å²) in [5, 5.41) is 0. The molecule has 0 aliphatic heterocycles. The number of nitrogens with zero attached hydrogens (tertiary/aromatic N) is 1. The zero-order valence-corrected chi connectivity index (χ0v) is 5.57. The van der Waals surface area contributed by atoms with Gasteiger partial charge in [0.1, 0.15) is 5.54 Å². The lowest BCUT2D eigenvalue weighted by Crippen LogP contribution is -2.53. The van der Waals surface area contributed by atoms with Gasteiger partial charge in [-0.3, -0.25) is 4.99 Å². The van der Waals surface area contributed by atoms with E-state index in [9.17, 15) is 13.2 Å². The summed E-state index contributed by atoms with van der Waals surface area (Å²) in [5.41, 5.74) is 2.60. The fourth-order valence-corrected chi connectivity index (χ4v) is 0.322. The number of aliphatic imine (C=N–C) groups is 1. The van der Waals surface area contributed by atoms with Gasteiger partial charge < -0.3 is 5.73 Å². The Hall–Kier alpha value is -0.580. The standard InChI is InChI=1S/C5H9F3N2/c1-4(9,3-10-2)5(6,7)8/h2-3,9H2,1H3. The molecular formula is C5H9F3N2. The molecule has 2 nitrogen and oxygen atoms in total. The van der Waals surface area contributed by atoms with E-state index in [1.165, 1.54) is 0 Å². The number of halogens is 3. The second kappa shape index (κ2) is 2.57. The van der Waals surface area contributed by atoms with Crippen LogP contribution in [0.5, 0.6) is 0 Å². The monoisotopic (exact) mass is 154 g/mol. The molecular weight excluding hydrogens is 145 g/mol. The van der Waals surface area contributed by atoms with Crippen LogP contribution in [-0.4, -0.2) is 25.0 Å². The summed E-state index contributed by atoms with van der Waals surface area (Å²) < 4.78 is 35.4. The van der Waals surface area contributed by atoms with Crippen molar-refractivity contribution >= 4 is 6.72 Å². The third kappa shape index (κ3) is 1.98. The van der Waals surface area contributed by atoms with Crippen molar-refractivity contribution in [3.05, 3.63) is 0 Å². The number of hydrogen-bond acceptors (Lipinski definition) is 2. The second-order valence-corrected chi connectivity index (χ2v) is 2.30. The molecule has 0 aromatic heterocycles. The predicted octanol–water partition coefficient (Wildman–Crippen LogP) is 0.967. The molecule has 0 aromatic carbocycles. The van der Waals surface area contributed by atoms with E-state index in [0.29, 0.717) is 0 Å². The van der Waals surface area contributed by atoms with Crippen molar-refractivity contribution in [3.8, 4) is 0 Å². The highest BCUT2D eigenvalue weighted by Gasteiger charge is 2.47. The van der Waals surface area contributed by atoms with Gasteiger partial charge in [-0.15, -0.1) is 0 Å². The van der Waals surface area contributed by atoms with Crippen LogP contribution in [0.3, 0.4) is 0 Å². The summed E-state index contributed by atoms with van der Waals surface area (Å²) in [6.45, 7) is 3.30. The fourth-order valence-electron chi connectivity index (χ4n) is 0.322. The maximum Gasteiger partial charge on any atom is 0.407 e. The molecule has 0 aliphatic rings. The molecule has 0 saturated heterocycles. The molecule has 10 heavy (non-hydrogen) atoms. The molecule has 2 N–H and O–H groups in total. The van der Waals surface area contributed by atoms with Crippen LogP contribution in [0.15, 0.2) is 4.99 Å². The fraction of sp³-hybridized carbons (Fsp3) is 0.800. The van der Waals surface area contributed by atoms with E-state index in [2.05, 4.69) is 11.7 Å². The summed E-state index contributed by atoms with van der Waals surface area (Å²) in [5.74, 6) is 0. The number of nitrogens with two attached hydrogens (primary N) is 1. The van der Waals surface area contributed by atoms with E-state index in [0.717, 1.165) is 6.92 Å². The topological polar surface area (TPSA) is 38.4 Å². The van der Waals surface area contributed by atoms with Gasteiger partial charge in [0, 0.05) is 0 Å². The number of rotatable bonds is 2. The van der Waals surface area contributed by atoms with Crippen LogP contribution < -0.4 is 5.73 Å². The zero-order valence-electron chi connectivity index (χ0n) is 5.57. The van der Waals surface area contributed by atoms with Crippen molar-refractivity contribution in [1.29, 1.82) is 0 Å². The molecule has 0 spiro atoms. The minimum absolute atomic E-state index is 0.503. The predicted molar refractivity (Wildman–Crippen MR) is 33.1 cm³/mol. The lowest BCUT2D eigenvalue weighted by Gasteiger charge is -2.24. The Bertz CT molecular complexity index is 127. The largest absolute Gasteiger partial charge is 0.407 e. The van der Waals surface area contributed by atoms with Crippen LogP contribution >= 0.6 is 0 Å². The van der Waals surface area contributed by atoms with Crippen molar-refractivity contribution in [2.45, 2.75) is 18.6 Å². The molecule has 0 aliphatic carbocycles. The van der Waals surface area contributed by atoms with Gasteiger partial charge in [0.05, 0.1) is 6.54 Å². The Morgan fingerprint density at radius 1 is 1.50 bits per heavy atom. The van der Waals surface area contributed by atoms with Crippen molar-refractivity contribution in [1.82, 2.24) is 0 Å². The molecule has 1 atom stereocenters. The molecule has 0 heterocycles. The first kappa shape index (κ1) is 9.42. The van der Waals surface area contributed by atoms with Crippen LogP contribution in [-0.2, 0) is 0 Å². The van der Waals surface area contributed by atoms with Crippen molar-refractivity contribution in [2.24, 2.45) is 10.7 Å². The molecule has 0 fully saturated rings. The van der Waals surface area contributed by atoms with Crippen LogP contribution in [0.1, 0.15) is 6.92 Å². The van der Waals surface area contributed by atoms with Gasteiger partial charge >= 0.3 is 6.18 Å². The lowest BCUT2D eigenvalue weighted by molar-refractivity contribution is -0.177. The third-order valence-corrected chi connectivity index (χ3v) is 1.09. The maximum atomic E-state index is 11.8. The van der Waals surface area contributed by atoms with Gasteiger partial charge in [-0.05, 0) is 13.6 Å². The Morgan fingerprint density at radius 2 is 1.90 bits per heavy atom. The quantitative estimate of drug-likeness (QED) is 0.591. The summed E-state index contributed by atoms with van der Waals surface area (Å²) in [6, 6.07) is 0. The smallest absolute Gasteiger partial charge is 0.316 e. The van der Waals surface area contributed by atoms with E-state index in [1.807, 2.05) is 0 Å². The van der Waals surface area contributed by atoms with Gasteiger partial charge in [0.25, 0.3) is 0 Å². The maximum absolute atomic E-state index is 11.8. The Kier molecular flexibility index (Phi) is 2.42. The minimum atomic E-state index is -4.41. The van der Waals surface area contributed by atoms with Gasteiger partial charge in [0.2, 0.25) is 0 Å². The second-order valence-electron chi connectivity index (χ2n) is 2.30. The first-order chi connectivity index (χ1) is 4.31. The molecule has 0 amide bonds. The SMILES string of the molecule is C=NCC(C)(N)C(F)(F)F. The van der Waals surface area contributed by atoms with Gasteiger partial charge in [-0.25, -0.2) is 0 Å². The third-order valence-electron chi connectivity index (χ3n) is 1.09. The van der Waals surface area contributed by atoms with Crippen molar-refractivity contribution in [2.75, 3.05) is 6.54 Å². The molecule has 1 unspecified atom stereocenters. The van der Waals surface area contributed by atoms with Crippen molar-refractivity contribution in [3.63, 3.8) is 0 Å². The Morgan fingerprint density at radius 3 is 2.00 bits per heavy atom. The van der Waals surface area contributed by atoms with Gasteiger partial charge in [-0.2, -0.15) is 13.2 Å². The summed E-state index contributed by atoms with van der Waals surface area (Å²) in [4.78, 5) is 3.08. The Balaban J connectivity index is 4.23. The van der Waals surface area contributed by atoms with E-state index < -0.39 is 18.3 Å². The van der Waals surface area contributed by atoms with Gasteiger partial charge in [0.15, 0.2) is 0 Å². The van der Waals surface area contributed by atoms with E-state index in [-0.39, 0.29) is 0 Å². The molecule has 0 radical (unpaired) electrons. The van der Waals surface area contributed by atoms with E-state index in [1.54, 1.807) is 0 Å². The van der Waals surface area contributed by atoms with Crippen LogP contribution in [0.25, 0.3) is 0 Å². The first-order valence-corrected chi connectivity index (χ1v) is 2.59. The number of hydrogen-bond donors (Lipinski definition) is 1. The summed E-state index contributed by atoms with van der Waals surface area (Å²) in [7, 11) is 0. The Labute approximate surface area is 56.9 Å². The lowest BCUT2D eigenvalue weighted by atomic mass is 10.0. The molecule has 5 heteroatoms. The molecule has 0 bridgehead atoms. The highest BCUT2D eigenvalue weighted by Crippen LogP contribution is 2.27. The molecule has 60 valence electrons. The highest BCUT2D eigenvalue weighted by atomic mass is 19.4. The van der Waals surface area contributed by atoms with Crippen LogP contribution in [0.4, 0.5) is 13.2 Å². The van der Waals surface area contributed by atoms with Crippen LogP contribution in [0.2, 0.25) is 0 Å². The zero-order chi connectivity index (χ0) is 8.41. The average molecular weight is 154 g/mol. The average Bonchev–Trinajstić information content (AvgIpc) is 1.61. The van der Waals surface area contributed by atoms with E-state index >= 15 is 0 Å². The summed E-state index contributed by atoms with van der Waals surface area (Å²) in [6.07, 6.45) is -4.41. The summed E-state index contributed by atoms with van der Waals surface area (Å²) >= 11 is 0. The normalized spacial score (nSPS) is 18.1. The van der Waals surface area contributed by atoms with Gasteiger partial charge in [-0.1, -0.05) is 0 Å². The van der Waals surface area contributed by atoms with Crippen molar-refractivity contribution < 1.29 is 13.2 Å².